The fourth-order valence-corrected chi connectivity index (χ4v) is 2.80. The molecule has 2 rings (SSSR count). The minimum atomic E-state index is -0.664. The van der Waals surface area contributed by atoms with E-state index in [1.165, 1.54) is 11.0 Å². The van der Waals surface area contributed by atoms with Crippen molar-refractivity contribution < 1.29 is 19.0 Å². The van der Waals surface area contributed by atoms with E-state index in [2.05, 4.69) is 4.90 Å². The maximum Gasteiger partial charge on any atom is 0.255 e. The van der Waals surface area contributed by atoms with Gasteiger partial charge in [0, 0.05) is 33.2 Å². The number of hydrogen-bond donors (Lipinski definition) is 1. The first-order valence-electron chi connectivity index (χ1n) is 7.57. The Balaban J connectivity index is 1.95. The highest BCUT2D eigenvalue weighted by Gasteiger charge is 2.21. The highest BCUT2D eigenvalue weighted by atomic mass is 35.5. The monoisotopic (exact) mass is 344 g/mol. The number of nitrogens with zero attached hydrogens (tertiary/aromatic N) is 2. The molecule has 0 bridgehead atoms. The second-order valence-corrected chi connectivity index (χ2v) is 6.24. The van der Waals surface area contributed by atoms with Gasteiger partial charge in [0.15, 0.2) is 0 Å². The topological polar surface area (TPSA) is 53.0 Å². The molecule has 128 valence electrons. The number of amides is 1. The van der Waals surface area contributed by atoms with Gasteiger partial charge in [0.25, 0.3) is 5.91 Å². The lowest BCUT2D eigenvalue weighted by molar-refractivity contribution is 0.00879. The molecule has 0 radical (unpaired) electrons. The van der Waals surface area contributed by atoms with E-state index >= 15 is 0 Å². The van der Waals surface area contributed by atoms with E-state index in [0.717, 1.165) is 19.2 Å². The number of hydrogen-bond acceptors (Lipinski definition) is 4. The second kappa shape index (κ2) is 8.06. The van der Waals surface area contributed by atoms with Crippen molar-refractivity contribution in [2.24, 2.45) is 0 Å². The van der Waals surface area contributed by atoms with Crippen molar-refractivity contribution in [1.82, 2.24) is 9.80 Å². The average Bonchev–Trinajstić information content (AvgIpc) is 2.51. The van der Waals surface area contributed by atoms with Crippen LogP contribution in [0.2, 0.25) is 5.02 Å². The van der Waals surface area contributed by atoms with Crippen LogP contribution in [0.5, 0.6) is 0 Å². The number of halogens is 2. The molecule has 1 aliphatic heterocycles. The Labute approximate surface area is 140 Å². The molecule has 1 N–H and O–H groups in total. The van der Waals surface area contributed by atoms with E-state index in [4.69, 9.17) is 16.3 Å². The van der Waals surface area contributed by atoms with Crippen LogP contribution < -0.4 is 0 Å². The molecular weight excluding hydrogens is 323 g/mol. The fraction of sp³-hybridized carbons (Fsp3) is 0.562. The number of aliphatic hydroxyl groups is 1. The predicted molar refractivity (Wildman–Crippen MR) is 86.4 cm³/mol. The van der Waals surface area contributed by atoms with Crippen molar-refractivity contribution in [2.45, 2.75) is 13.0 Å². The van der Waals surface area contributed by atoms with Gasteiger partial charge in [-0.15, -0.1) is 0 Å². The molecule has 5 nitrogen and oxygen atoms in total. The Hall–Kier alpha value is -1.21. The first-order chi connectivity index (χ1) is 10.9. The summed E-state index contributed by atoms with van der Waals surface area (Å²) in [6.07, 6.45) is -0.664. The van der Waals surface area contributed by atoms with E-state index in [1.54, 1.807) is 14.0 Å². The molecule has 0 saturated carbocycles. The summed E-state index contributed by atoms with van der Waals surface area (Å²) < 4.78 is 18.7. The molecule has 7 heteroatoms. The van der Waals surface area contributed by atoms with Crippen molar-refractivity contribution in [3.05, 3.63) is 34.1 Å². The van der Waals surface area contributed by atoms with Gasteiger partial charge in [-0.25, -0.2) is 4.39 Å². The minimum Gasteiger partial charge on any atom is -0.390 e. The summed E-state index contributed by atoms with van der Waals surface area (Å²) in [4.78, 5) is 15.9. The summed E-state index contributed by atoms with van der Waals surface area (Å²) in [5.41, 5.74) is 0.603. The van der Waals surface area contributed by atoms with Crippen LogP contribution in [-0.4, -0.2) is 73.4 Å². The molecule has 1 fully saturated rings. The van der Waals surface area contributed by atoms with Crippen molar-refractivity contribution in [3.63, 3.8) is 0 Å². The second-order valence-electron chi connectivity index (χ2n) is 5.83. The van der Waals surface area contributed by atoms with Crippen LogP contribution in [0, 0.1) is 12.7 Å². The molecule has 1 unspecified atom stereocenters. The predicted octanol–water partition coefficient (Wildman–Crippen LogP) is 1.55. The molecule has 1 heterocycles. The molecule has 0 aromatic heterocycles. The van der Waals surface area contributed by atoms with Gasteiger partial charge in [-0.2, -0.15) is 0 Å². The van der Waals surface area contributed by atoms with Crippen LogP contribution in [0.15, 0.2) is 12.1 Å². The first-order valence-corrected chi connectivity index (χ1v) is 7.95. The van der Waals surface area contributed by atoms with Crippen molar-refractivity contribution in [3.8, 4) is 0 Å². The third kappa shape index (κ3) is 4.88. The molecule has 1 amide bonds. The van der Waals surface area contributed by atoms with Crippen LogP contribution >= 0.6 is 11.6 Å². The fourth-order valence-electron chi connectivity index (χ4n) is 2.57. The summed E-state index contributed by atoms with van der Waals surface area (Å²) in [6, 6.07) is 2.58. The third-order valence-electron chi connectivity index (χ3n) is 3.88. The third-order valence-corrected chi connectivity index (χ3v) is 4.20. The van der Waals surface area contributed by atoms with E-state index in [1.807, 2.05) is 0 Å². The van der Waals surface area contributed by atoms with E-state index < -0.39 is 11.9 Å². The van der Waals surface area contributed by atoms with E-state index in [9.17, 15) is 14.3 Å². The first kappa shape index (κ1) is 18.1. The standard InChI is InChI=1S/C16H22ClFN2O3/c1-11-7-13(14(17)8-15(11)18)16(22)19(2)9-12(21)10-20-3-5-23-6-4-20/h7-8,12,21H,3-6,9-10H2,1-2H3. The minimum absolute atomic E-state index is 0.0765. The van der Waals surface area contributed by atoms with Crippen LogP contribution in [0.1, 0.15) is 15.9 Å². The number of carbonyl (C=O) groups excluding carboxylic acids is 1. The normalized spacial score (nSPS) is 17.1. The zero-order valence-corrected chi connectivity index (χ0v) is 14.1. The van der Waals surface area contributed by atoms with Gasteiger partial charge < -0.3 is 14.7 Å². The van der Waals surface area contributed by atoms with Crippen LogP contribution in [0.25, 0.3) is 0 Å². The summed E-state index contributed by atoms with van der Waals surface area (Å²) >= 11 is 5.96. The number of β-amino-alcohol motifs (C(OH)–C–C–N with tert-alkyl or cyclic N) is 1. The van der Waals surface area contributed by atoms with E-state index in [-0.39, 0.29) is 23.0 Å². The smallest absolute Gasteiger partial charge is 0.255 e. The summed E-state index contributed by atoms with van der Waals surface area (Å²) in [6.45, 7) is 5.11. The van der Waals surface area contributed by atoms with Gasteiger partial charge in [0.05, 0.1) is 29.9 Å². The summed E-state index contributed by atoms with van der Waals surface area (Å²) in [5, 5.41) is 10.2. The highest BCUT2D eigenvalue weighted by Crippen LogP contribution is 2.21. The molecule has 0 spiro atoms. The maximum atomic E-state index is 13.4. The van der Waals surface area contributed by atoms with Crippen molar-refractivity contribution in [2.75, 3.05) is 46.4 Å². The molecular formula is C16H22ClFN2O3. The quantitative estimate of drug-likeness (QED) is 0.880. The van der Waals surface area contributed by atoms with Gasteiger partial charge in [-0.05, 0) is 24.6 Å². The number of benzene rings is 1. The molecule has 1 aromatic rings. The molecule has 1 atom stereocenters. The zero-order valence-electron chi connectivity index (χ0n) is 13.4. The van der Waals surface area contributed by atoms with Crippen molar-refractivity contribution in [1.29, 1.82) is 0 Å². The number of morpholine rings is 1. The molecule has 1 aromatic carbocycles. The Morgan fingerprint density at radius 1 is 1.48 bits per heavy atom. The molecule has 1 aliphatic rings. The number of carbonyl (C=O) groups is 1. The number of aliphatic hydroxyl groups excluding tert-OH is 1. The van der Waals surface area contributed by atoms with Gasteiger partial charge in [0.1, 0.15) is 5.82 Å². The van der Waals surface area contributed by atoms with Gasteiger partial charge in [-0.1, -0.05) is 11.6 Å². The lowest BCUT2D eigenvalue weighted by Gasteiger charge is -2.30. The summed E-state index contributed by atoms with van der Waals surface area (Å²) in [5.74, 6) is -0.777. The van der Waals surface area contributed by atoms with Gasteiger partial charge in [-0.3, -0.25) is 9.69 Å². The number of likely N-dealkylation sites (N-methyl/N-ethyl adjacent to an activating group) is 1. The van der Waals surface area contributed by atoms with Gasteiger partial charge >= 0.3 is 0 Å². The average molecular weight is 345 g/mol. The van der Waals surface area contributed by atoms with Crippen LogP contribution in [0.3, 0.4) is 0 Å². The van der Waals surface area contributed by atoms with Crippen molar-refractivity contribution >= 4 is 17.5 Å². The Kier molecular flexibility index (Phi) is 6.35. The Morgan fingerprint density at radius 3 is 2.78 bits per heavy atom. The largest absolute Gasteiger partial charge is 0.390 e. The Bertz CT molecular complexity index is 565. The summed E-state index contributed by atoms with van der Waals surface area (Å²) in [7, 11) is 1.60. The number of rotatable bonds is 5. The molecule has 0 aliphatic carbocycles. The van der Waals surface area contributed by atoms with E-state index in [0.29, 0.717) is 25.3 Å². The van der Waals surface area contributed by atoms with Gasteiger partial charge in [0.2, 0.25) is 0 Å². The zero-order chi connectivity index (χ0) is 17.0. The van der Waals surface area contributed by atoms with Crippen LogP contribution in [0.4, 0.5) is 4.39 Å². The number of ether oxygens (including phenoxy) is 1. The SMILES string of the molecule is Cc1cc(C(=O)N(C)CC(O)CN2CCOCC2)c(Cl)cc1F. The lowest BCUT2D eigenvalue weighted by atomic mass is 10.1. The molecule has 23 heavy (non-hydrogen) atoms. The maximum absolute atomic E-state index is 13.4. The Morgan fingerprint density at radius 2 is 2.13 bits per heavy atom. The highest BCUT2D eigenvalue weighted by molar-refractivity contribution is 6.33. The lowest BCUT2D eigenvalue weighted by Crippen LogP contribution is -2.45. The molecule has 1 saturated heterocycles. The number of aryl methyl sites for hydroxylation is 1. The van der Waals surface area contributed by atoms with Crippen LogP contribution in [-0.2, 0) is 4.74 Å².